The number of aromatic nitrogens is 3. The van der Waals surface area contributed by atoms with Crippen molar-refractivity contribution < 1.29 is 9.53 Å². The van der Waals surface area contributed by atoms with Gasteiger partial charge in [-0.2, -0.15) is 5.10 Å². The van der Waals surface area contributed by atoms with E-state index in [4.69, 9.17) is 4.74 Å². The van der Waals surface area contributed by atoms with Crippen molar-refractivity contribution in [1.29, 1.82) is 0 Å². The zero-order chi connectivity index (χ0) is 16.8. The summed E-state index contributed by atoms with van der Waals surface area (Å²) in [5.74, 6) is 1.49. The van der Waals surface area contributed by atoms with E-state index in [0.717, 1.165) is 36.4 Å². The highest BCUT2D eigenvalue weighted by Crippen LogP contribution is 2.20. The quantitative estimate of drug-likeness (QED) is 0.874. The lowest BCUT2D eigenvalue weighted by Crippen LogP contribution is -2.38. The molecule has 1 aliphatic heterocycles. The number of benzene rings is 1. The van der Waals surface area contributed by atoms with Crippen LogP contribution in [0.3, 0.4) is 0 Å². The molecule has 0 radical (unpaired) electrons. The molecule has 2 aromatic rings. The molecule has 7 heteroatoms. The molecular formula is C17H21N5O2. The molecule has 0 aliphatic carbocycles. The molecule has 3 rings (SSSR count). The Labute approximate surface area is 141 Å². The van der Waals surface area contributed by atoms with Gasteiger partial charge in [-0.05, 0) is 37.1 Å². The molecule has 0 atom stereocenters. The summed E-state index contributed by atoms with van der Waals surface area (Å²) < 4.78 is 5.16. The molecule has 0 spiro atoms. The van der Waals surface area contributed by atoms with Gasteiger partial charge in [0.15, 0.2) is 0 Å². The Morgan fingerprint density at radius 1 is 1.25 bits per heavy atom. The number of rotatable bonds is 6. The van der Waals surface area contributed by atoms with Gasteiger partial charge in [-0.1, -0.05) is 0 Å². The molecule has 1 aliphatic rings. The van der Waals surface area contributed by atoms with Gasteiger partial charge in [0.2, 0.25) is 11.9 Å². The molecule has 7 nitrogen and oxygen atoms in total. The number of carbonyl (C=O) groups excluding carboxylic acids is 1. The van der Waals surface area contributed by atoms with Crippen LogP contribution in [0.15, 0.2) is 30.5 Å². The van der Waals surface area contributed by atoms with E-state index in [1.165, 1.54) is 0 Å². The van der Waals surface area contributed by atoms with Crippen LogP contribution >= 0.6 is 0 Å². The van der Waals surface area contributed by atoms with Gasteiger partial charge in [0.25, 0.3) is 0 Å². The Hall–Kier alpha value is -2.70. The standard InChI is InChI=1S/C17H21N5O2/c1-24-14-7-5-13(6-8-14)15-12-19-21-17(20-15)18-9-11-22-10-3-2-4-16(22)23/h5-8,12H,2-4,9-11H2,1H3,(H,18,20,21). The van der Waals surface area contributed by atoms with E-state index in [9.17, 15) is 4.79 Å². The number of methoxy groups -OCH3 is 1. The molecule has 1 aromatic heterocycles. The van der Waals surface area contributed by atoms with Crippen molar-refractivity contribution in [2.24, 2.45) is 0 Å². The Morgan fingerprint density at radius 3 is 2.83 bits per heavy atom. The van der Waals surface area contributed by atoms with Gasteiger partial charge < -0.3 is 15.0 Å². The molecule has 126 valence electrons. The summed E-state index contributed by atoms with van der Waals surface area (Å²) in [7, 11) is 1.64. The molecule has 1 aromatic carbocycles. The highest BCUT2D eigenvalue weighted by Gasteiger charge is 2.17. The van der Waals surface area contributed by atoms with E-state index in [1.807, 2.05) is 29.2 Å². The average Bonchev–Trinajstić information content (AvgIpc) is 2.64. The number of nitrogens with zero attached hydrogens (tertiary/aromatic N) is 4. The van der Waals surface area contributed by atoms with Gasteiger partial charge in [0, 0.05) is 31.6 Å². The van der Waals surface area contributed by atoms with Crippen molar-refractivity contribution >= 4 is 11.9 Å². The van der Waals surface area contributed by atoms with Gasteiger partial charge in [0.05, 0.1) is 19.0 Å². The van der Waals surface area contributed by atoms with Crippen LogP contribution in [-0.2, 0) is 4.79 Å². The zero-order valence-electron chi connectivity index (χ0n) is 13.7. The molecule has 1 saturated heterocycles. The minimum absolute atomic E-state index is 0.231. The van der Waals surface area contributed by atoms with E-state index >= 15 is 0 Å². The van der Waals surface area contributed by atoms with Crippen molar-refractivity contribution in [2.45, 2.75) is 19.3 Å². The molecule has 24 heavy (non-hydrogen) atoms. The van der Waals surface area contributed by atoms with Crippen molar-refractivity contribution in [1.82, 2.24) is 20.1 Å². The second-order valence-electron chi connectivity index (χ2n) is 5.66. The predicted molar refractivity (Wildman–Crippen MR) is 90.7 cm³/mol. The van der Waals surface area contributed by atoms with Gasteiger partial charge in [0.1, 0.15) is 5.75 Å². The number of piperidine rings is 1. The highest BCUT2D eigenvalue weighted by atomic mass is 16.5. The number of hydrogen-bond donors (Lipinski definition) is 1. The number of carbonyl (C=O) groups is 1. The number of amides is 1. The summed E-state index contributed by atoms with van der Waals surface area (Å²) >= 11 is 0. The first-order valence-corrected chi connectivity index (χ1v) is 8.12. The first-order valence-electron chi connectivity index (χ1n) is 8.12. The summed E-state index contributed by atoms with van der Waals surface area (Å²) in [6, 6.07) is 7.62. The van der Waals surface area contributed by atoms with Crippen LogP contribution in [-0.4, -0.2) is 52.7 Å². The average molecular weight is 327 g/mol. The summed E-state index contributed by atoms with van der Waals surface area (Å²) in [4.78, 5) is 18.1. The Kier molecular flexibility index (Phi) is 5.20. The SMILES string of the molecule is COc1ccc(-c2cnnc(NCCN3CCCCC3=O)n2)cc1. The normalized spacial score (nSPS) is 14.5. The van der Waals surface area contributed by atoms with Crippen LogP contribution < -0.4 is 10.1 Å². The molecule has 1 amide bonds. The van der Waals surface area contributed by atoms with E-state index in [2.05, 4.69) is 20.5 Å². The smallest absolute Gasteiger partial charge is 0.243 e. The van der Waals surface area contributed by atoms with Crippen molar-refractivity contribution in [3.63, 3.8) is 0 Å². The highest BCUT2D eigenvalue weighted by molar-refractivity contribution is 5.76. The molecule has 0 unspecified atom stereocenters. The molecular weight excluding hydrogens is 306 g/mol. The predicted octanol–water partition coefficient (Wildman–Crippen LogP) is 1.97. The minimum atomic E-state index is 0.231. The molecule has 1 N–H and O–H groups in total. The lowest BCUT2D eigenvalue weighted by atomic mass is 10.1. The second kappa shape index (κ2) is 7.72. The Morgan fingerprint density at radius 2 is 2.08 bits per heavy atom. The molecule has 0 saturated carbocycles. The fourth-order valence-electron chi connectivity index (χ4n) is 2.68. The third-order valence-corrected chi connectivity index (χ3v) is 4.03. The third-order valence-electron chi connectivity index (χ3n) is 4.03. The second-order valence-corrected chi connectivity index (χ2v) is 5.66. The van der Waals surface area contributed by atoms with Crippen LogP contribution in [0, 0.1) is 0 Å². The van der Waals surface area contributed by atoms with E-state index in [-0.39, 0.29) is 5.91 Å². The number of nitrogens with one attached hydrogen (secondary N) is 1. The number of hydrogen-bond acceptors (Lipinski definition) is 6. The maximum atomic E-state index is 11.8. The first-order chi connectivity index (χ1) is 11.8. The van der Waals surface area contributed by atoms with Crippen LogP contribution in [0.1, 0.15) is 19.3 Å². The number of anilines is 1. The number of ether oxygens (including phenoxy) is 1. The third kappa shape index (κ3) is 3.98. The topological polar surface area (TPSA) is 80.2 Å². The Bertz CT molecular complexity index is 690. The maximum absolute atomic E-state index is 11.8. The van der Waals surface area contributed by atoms with Gasteiger partial charge in [-0.25, -0.2) is 4.98 Å². The van der Waals surface area contributed by atoms with Crippen molar-refractivity contribution in [3.8, 4) is 17.0 Å². The summed E-state index contributed by atoms with van der Waals surface area (Å²) in [6.07, 6.45) is 4.36. The summed E-state index contributed by atoms with van der Waals surface area (Å²) in [5.41, 5.74) is 1.68. The lowest BCUT2D eigenvalue weighted by Gasteiger charge is -2.26. The molecule has 2 heterocycles. The minimum Gasteiger partial charge on any atom is -0.497 e. The van der Waals surface area contributed by atoms with E-state index in [0.29, 0.717) is 25.5 Å². The van der Waals surface area contributed by atoms with Crippen LogP contribution in [0.5, 0.6) is 5.75 Å². The maximum Gasteiger partial charge on any atom is 0.243 e. The van der Waals surface area contributed by atoms with Gasteiger partial charge >= 0.3 is 0 Å². The fourth-order valence-corrected chi connectivity index (χ4v) is 2.68. The van der Waals surface area contributed by atoms with Crippen LogP contribution in [0.25, 0.3) is 11.3 Å². The summed E-state index contributed by atoms with van der Waals surface area (Å²) in [6.45, 7) is 2.11. The molecule has 1 fully saturated rings. The zero-order valence-corrected chi connectivity index (χ0v) is 13.7. The van der Waals surface area contributed by atoms with Gasteiger partial charge in [-0.15, -0.1) is 5.10 Å². The van der Waals surface area contributed by atoms with Gasteiger partial charge in [-0.3, -0.25) is 4.79 Å². The first kappa shape index (κ1) is 16.2. The fraction of sp³-hybridized carbons (Fsp3) is 0.412. The van der Waals surface area contributed by atoms with E-state index in [1.54, 1.807) is 13.3 Å². The lowest BCUT2D eigenvalue weighted by molar-refractivity contribution is -0.133. The van der Waals surface area contributed by atoms with Crippen molar-refractivity contribution in [2.75, 3.05) is 32.1 Å². The summed E-state index contributed by atoms with van der Waals surface area (Å²) in [5, 5.41) is 11.1. The monoisotopic (exact) mass is 327 g/mol. The largest absolute Gasteiger partial charge is 0.497 e. The molecule has 0 bridgehead atoms. The van der Waals surface area contributed by atoms with Crippen LogP contribution in [0.2, 0.25) is 0 Å². The Balaban J connectivity index is 1.59. The number of likely N-dealkylation sites (tertiary alicyclic amines) is 1. The van der Waals surface area contributed by atoms with Crippen molar-refractivity contribution in [3.05, 3.63) is 30.5 Å². The van der Waals surface area contributed by atoms with Crippen LogP contribution in [0.4, 0.5) is 5.95 Å². The van der Waals surface area contributed by atoms with E-state index < -0.39 is 0 Å².